The van der Waals surface area contributed by atoms with Crippen LogP contribution in [0.4, 0.5) is 5.69 Å². The Hall–Kier alpha value is -2.21. The maximum absolute atomic E-state index is 13.5. The van der Waals surface area contributed by atoms with Crippen LogP contribution in [0, 0.1) is 5.92 Å². The highest BCUT2D eigenvalue weighted by Crippen LogP contribution is 2.42. The van der Waals surface area contributed by atoms with E-state index in [-0.39, 0.29) is 17.6 Å². The summed E-state index contributed by atoms with van der Waals surface area (Å²) in [6.07, 6.45) is 3.58. The second kappa shape index (κ2) is 9.94. The average molecular weight is 441 g/mol. The molecule has 5 nitrogen and oxygen atoms in total. The van der Waals surface area contributed by atoms with Crippen LogP contribution in [-0.2, 0) is 28.8 Å². The molecule has 1 aliphatic heterocycles. The van der Waals surface area contributed by atoms with Crippen molar-refractivity contribution >= 4 is 29.0 Å². The van der Waals surface area contributed by atoms with E-state index in [4.69, 9.17) is 16.3 Å². The molecule has 2 aromatic rings. The van der Waals surface area contributed by atoms with E-state index in [9.17, 15) is 9.59 Å². The number of carbonyl (C=O) groups is 2. The smallest absolute Gasteiger partial charge is 0.227 e. The predicted octanol–water partition coefficient (Wildman–Crippen LogP) is 3.84. The molecular formula is C25H29ClN2O3. The summed E-state index contributed by atoms with van der Waals surface area (Å²) in [6, 6.07) is 12.3. The fourth-order valence-corrected chi connectivity index (χ4v) is 5.06. The third-order valence-corrected chi connectivity index (χ3v) is 6.61. The zero-order valence-corrected chi connectivity index (χ0v) is 18.7. The molecule has 1 heterocycles. The maximum Gasteiger partial charge on any atom is 0.227 e. The Morgan fingerprint density at radius 3 is 2.74 bits per heavy atom. The highest BCUT2D eigenvalue weighted by molar-refractivity contribution is 6.34. The molecule has 1 aliphatic carbocycles. The SMILES string of the molecule is COCCN1C(=O)CCc2c3c(cc(Cl)c21)CCC(CNCCc1ccccc1)C3=O. The van der Waals surface area contributed by atoms with Gasteiger partial charge in [-0.15, -0.1) is 0 Å². The molecule has 2 aromatic carbocycles. The number of anilines is 1. The van der Waals surface area contributed by atoms with Gasteiger partial charge in [-0.1, -0.05) is 41.9 Å². The zero-order valence-electron chi connectivity index (χ0n) is 18.0. The van der Waals surface area contributed by atoms with E-state index >= 15 is 0 Å². The van der Waals surface area contributed by atoms with Crippen LogP contribution in [0.1, 0.15) is 39.9 Å². The lowest BCUT2D eigenvalue weighted by atomic mass is 9.78. The Kier molecular flexibility index (Phi) is 7.06. The van der Waals surface area contributed by atoms with E-state index in [1.165, 1.54) is 5.56 Å². The number of halogens is 1. The zero-order chi connectivity index (χ0) is 21.8. The van der Waals surface area contributed by atoms with Crippen LogP contribution in [0.2, 0.25) is 5.02 Å². The average Bonchev–Trinajstić information content (AvgIpc) is 2.78. The third-order valence-electron chi connectivity index (χ3n) is 6.32. The lowest BCUT2D eigenvalue weighted by molar-refractivity contribution is -0.119. The van der Waals surface area contributed by atoms with Gasteiger partial charge >= 0.3 is 0 Å². The number of amides is 1. The number of ketones is 1. The summed E-state index contributed by atoms with van der Waals surface area (Å²) in [4.78, 5) is 27.7. The maximum atomic E-state index is 13.5. The first-order chi connectivity index (χ1) is 15.1. The van der Waals surface area contributed by atoms with E-state index in [2.05, 4.69) is 17.4 Å². The Balaban J connectivity index is 1.50. The molecular weight excluding hydrogens is 412 g/mol. The molecule has 164 valence electrons. The standard InChI is InChI=1S/C25H29ClN2O3/c1-31-14-13-28-22(29)10-9-20-23-18(15-21(26)24(20)28)7-8-19(25(23)30)16-27-12-11-17-5-3-2-4-6-17/h2-6,15,19,27H,7-14,16H2,1H3. The number of nitrogens with zero attached hydrogens (tertiary/aromatic N) is 1. The predicted molar refractivity (Wildman–Crippen MR) is 123 cm³/mol. The molecule has 0 spiro atoms. The third kappa shape index (κ3) is 4.69. The number of Topliss-reactive ketones (excluding diaryl/α,β-unsaturated/α-hetero) is 1. The number of hydrogen-bond acceptors (Lipinski definition) is 4. The molecule has 1 N–H and O–H groups in total. The highest BCUT2D eigenvalue weighted by Gasteiger charge is 2.35. The van der Waals surface area contributed by atoms with Crippen molar-refractivity contribution in [3.05, 3.63) is 63.7 Å². The lowest BCUT2D eigenvalue weighted by Gasteiger charge is -2.34. The number of aryl methyl sites for hydroxylation is 1. The van der Waals surface area contributed by atoms with Crippen molar-refractivity contribution in [2.75, 3.05) is 38.3 Å². The summed E-state index contributed by atoms with van der Waals surface area (Å²) in [7, 11) is 1.61. The van der Waals surface area contributed by atoms with Crippen LogP contribution in [-0.4, -0.2) is 45.0 Å². The molecule has 0 saturated carbocycles. The van der Waals surface area contributed by atoms with Crippen molar-refractivity contribution in [3.8, 4) is 0 Å². The van der Waals surface area contributed by atoms with Gasteiger partial charge in [0, 0.05) is 38.1 Å². The second-order valence-electron chi connectivity index (χ2n) is 8.30. The molecule has 0 radical (unpaired) electrons. The number of benzene rings is 2. The first-order valence-electron chi connectivity index (χ1n) is 11.0. The van der Waals surface area contributed by atoms with Crippen LogP contribution in [0.25, 0.3) is 0 Å². The number of hydrogen-bond donors (Lipinski definition) is 1. The molecule has 0 fully saturated rings. The first kappa shape index (κ1) is 22.0. The summed E-state index contributed by atoms with van der Waals surface area (Å²) in [6.45, 7) is 2.40. The molecule has 0 saturated heterocycles. The van der Waals surface area contributed by atoms with Crippen molar-refractivity contribution in [2.45, 2.75) is 32.1 Å². The number of carbonyl (C=O) groups excluding carboxylic acids is 2. The Morgan fingerprint density at radius 2 is 1.97 bits per heavy atom. The van der Waals surface area contributed by atoms with Gasteiger partial charge in [-0.05, 0) is 55.0 Å². The summed E-state index contributed by atoms with van der Waals surface area (Å²) < 4.78 is 5.17. The Morgan fingerprint density at radius 1 is 1.16 bits per heavy atom. The fraction of sp³-hybridized carbons (Fsp3) is 0.440. The normalized spacial score (nSPS) is 18.1. The van der Waals surface area contributed by atoms with Gasteiger partial charge in [-0.3, -0.25) is 9.59 Å². The summed E-state index contributed by atoms with van der Waals surface area (Å²) >= 11 is 6.60. The molecule has 31 heavy (non-hydrogen) atoms. The van der Waals surface area contributed by atoms with E-state index < -0.39 is 0 Å². The van der Waals surface area contributed by atoms with Gasteiger partial charge in [0.05, 0.1) is 17.3 Å². The summed E-state index contributed by atoms with van der Waals surface area (Å²) in [5.41, 5.74) is 4.77. The molecule has 0 aromatic heterocycles. The van der Waals surface area contributed by atoms with Gasteiger partial charge in [0.15, 0.2) is 5.78 Å². The minimum Gasteiger partial charge on any atom is -0.383 e. The second-order valence-corrected chi connectivity index (χ2v) is 8.70. The number of nitrogens with one attached hydrogen (secondary N) is 1. The summed E-state index contributed by atoms with van der Waals surface area (Å²) in [5.74, 6) is 0.176. The monoisotopic (exact) mass is 440 g/mol. The van der Waals surface area contributed by atoms with Gasteiger partial charge < -0.3 is 15.0 Å². The fourth-order valence-electron chi connectivity index (χ4n) is 4.71. The quantitative estimate of drug-likeness (QED) is 0.633. The minimum absolute atomic E-state index is 0.0359. The van der Waals surface area contributed by atoms with Gasteiger partial charge in [0.2, 0.25) is 5.91 Å². The first-order valence-corrected chi connectivity index (χ1v) is 11.4. The number of rotatable bonds is 8. The van der Waals surface area contributed by atoms with Crippen molar-refractivity contribution in [1.82, 2.24) is 5.32 Å². The molecule has 2 aliphatic rings. The van der Waals surface area contributed by atoms with Crippen molar-refractivity contribution in [3.63, 3.8) is 0 Å². The Labute approximate surface area is 188 Å². The van der Waals surface area contributed by atoms with Crippen LogP contribution in [0.3, 0.4) is 0 Å². The molecule has 0 bridgehead atoms. The number of methoxy groups -OCH3 is 1. The van der Waals surface area contributed by atoms with Crippen LogP contribution in [0.5, 0.6) is 0 Å². The van der Waals surface area contributed by atoms with Gasteiger partial charge in [0.25, 0.3) is 0 Å². The van der Waals surface area contributed by atoms with E-state index in [1.807, 2.05) is 24.3 Å². The molecule has 4 rings (SSSR count). The lowest BCUT2D eigenvalue weighted by Crippen LogP contribution is -2.40. The van der Waals surface area contributed by atoms with Gasteiger partial charge in [-0.25, -0.2) is 0 Å². The largest absolute Gasteiger partial charge is 0.383 e. The van der Waals surface area contributed by atoms with Crippen molar-refractivity contribution in [1.29, 1.82) is 0 Å². The molecule has 1 atom stereocenters. The highest BCUT2D eigenvalue weighted by atomic mass is 35.5. The Bertz CT molecular complexity index is 961. The topological polar surface area (TPSA) is 58.6 Å². The van der Waals surface area contributed by atoms with Gasteiger partial charge in [0.1, 0.15) is 0 Å². The minimum atomic E-state index is -0.0430. The van der Waals surface area contributed by atoms with Crippen molar-refractivity contribution < 1.29 is 14.3 Å². The molecule has 6 heteroatoms. The number of fused-ring (bicyclic) bond motifs is 3. The van der Waals surface area contributed by atoms with E-state index in [0.29, 0.717) is 43.2 Å². The number of ether oxygens (including phenoxy) is 1. The van der Waals surface area contributed by atoms with Crippen LogP contribution >= 0.6 is 11.6 Å². The van der Waals surface area contributed by atoms with E-state index in [1.54, 1.807) is 12.0 Å². The van der Waals surface area contributed by atoms with Gasteiger partial charge in [-0.2, -0.15) is 0 Å². The summed E-state index contributed by atoms with van der Waals surface area (Å²) in [5, 5.41) is 4.03. The van der Waals surface area contributed by atoms with Crippen LogP contribution in [0.15, 0.2) is 36.4 Å². The molecule has 1 unspecified atom stereocenters. The van der Waals surface area contributed by atoms with Crippen molar-refractivity contribution in [2.24, 2.45) is 5.92 Å². The van der Waals surface area contributed by atoms with E-state index in [0.717, 1.165) is 42.5 Å². The van der Waals surface area contributed by atoms with Crippen LogP contribution < -0.4 is 10.2 Å². The molecule has 1 amide bonds.